The van der Waals surface area contributed by atoms with Gasteiger partial charge in [0.15, 0.2) is 0 Å². The number of amides is 2. The van der Waals surface area contributed by atoms with Gasteiger partial charge in [0.1, 0.15) is 5.82 Å². The Morgan fingerprint density at radius 1 is 0.978 bits per heavy atom. The van der Waals surface area contributed by atoms with Gasteiger partial charge in [0.05, 0.1) is 42.2 Å². The van der Waals surface area contributed by atoms with E-state index in [0.717, 1.165) is 55.0 Å². The number of hydroxylamine groups is 1. The topological polar surface area (TPSA) is 151 Å². The Kier molecular flexibility index (Phi) is 8.22. The lowest BCUT2D eigenvalue weighted by atomic mass is 9.47. The highest BCUT2D eigenvalue weighted by Crippen LogP contribution is 2.60. The van der Waals surface area contributed by atoms with Crippen molar-refractivity contribution in [3.63, 3.8) is 0 Å². The SMILES string of the molecule is COCCS(=O)(=O)N1CCN(c2ccc(N3CCN(OC(=O)NC4[C@@H]5CC6C[C@H]4CC(C(N)=O)(C6)C5)c4ccccc43)nc2)CC1. The average molecular weight is 654 g/mol. The number of sulfonamides is 1. The highest BCUT2D eigenvalue weighted by molar-refractivity contribution is 7.89. The molecular weight excluding hydrogens is 610 g/mol. The van der Waals surface area contributed by atoms with Gasteiger partial charge in [-0.2, -0.15) is 4.31 Å². The van der Waals surface area contributed by atoms with E-state index in [0.29, 0.717) is 45.2 Å². The van der Waals surface area contributed by atoms with Crippen molar-refractivity contribution in [2.45, 2.75) is 38.1 Å². The molecule has 5 fully saturated rings. The van der Waals surface area contributed by atoms with Crippen molar-refractivity contribution in [1.82, 2.24) is 14.6 Å². The predicted molar refractivity (Wildman–Crippen MR) is 173 cm³/mol. The summed E-state index contributed by atoms with van der Waals surface area (Å²) in [5, 5.41) is 4.82. The number of aromatic nitrogens is 1. The zero-order valence-electron chi connectivity index (χ0n) is 26.2. The number of ether oxygens (including phenoxy) is 1. The summed E-state index contributed by atoms with van der Waals surface area (Å²) in [4.78, 5) is 40.5. The molecule has 2 amide bonds. The summed E-state index contributed by atoms with van der Waals surface area (Å²) < 4.78 is 31.5. The first kappa shape index (κ1) is 31.0. The quantitative estimate of drug-likeness (QED) is 0.413. The number of benzene rings is 1. The lowest BCUT2D eigenvalue weighted by molar-refractivity contribution is -0.145. The number of carbonyl (C=O) groups excluding carboxylic acids is 2. The highest BCUT2D eigenvalue weighted by atomic mass is 32.2. The standard InChI is InChI=1S/C32H43N7O6S/c1-44-14-15-46(42,43)37-10-8-36(9-11-37)25-6-7-28(34-21-25)38-12-13-39(27-5-3-2-4-26(27)38)45-31(41)35-29-23-16-22-17-24(29)20-32(18-22,19-23)30(33)40/h2-7,21-24,29H,8-20H2,1H3,(H2,33,40)(H,35,41)/t22?,23-,24+,29?,32?. The van der Waals surface area contributed by atoms with Crippen LogP contribution in [0.3, 0.4) is 0 Å². The zero-order chi connectivity index (χ0) is 32.1. The summed E-state index contributed by atoms with van der Waals surface area (Å²) in [6.45, 7) is 3.23. The molecule has 4 saturated carbocycles. The first-order chi connectivity index (χ1) is 22.2. The molecule has 4 bridgehead atoms. The van der Waals surface area contributed by atoms with E-state index in [1.165, 1.54) is 11.4 Å². The fraction of sp³-hybridized carbons (Fsp3) is 0.594. The fourth-order valence-corrected chi connectivity index (χ4v) is 10.1. The van der Waals surface area contributed by atoms with Crippen LogP contribution in [0.15, 0.2) is 42.6 Å². The number of nitrogens with two attached hydrogens (primary N) is 1. The molecule has 6 aliphatic rings. The Bertz CT molecular complexity index is 1550. The van der Waals surface area contributed by atoms with E-state index in [2.05, 4.69) is 15.1 Å². The summed E-state index contributed by atoms with van der Waals surface area (Å²) in [6.07, 6.45) is 5.80. The number of primary amides is 1. The zero-order valence-corrected chi connectivity index (χ0v) is 27.0. The van der Waals surface area contributed by atoms with Gasteiger partial charge >= 0.3 is 6.09 Å². The molecular formula is C32H43N7O6S. The molecule has 8 rings (SSSR count). The predicted octanol–water partition coefficient (Wildman–Crippen LogP) is 2.46. The molecule has 248 valence electrons. The third-order valence-electron chi connectivity index (χ3n) is 10.8. The third-order valence-corrected chi connectivity index (χ3v) is 12.6. The number of hydrogen-bond donors (Lipinski definition) is 2. The number of fused-ring (bicyclic) bond motifs is 1. The number of nitrogens with zero attached hydrogens (tertiary/aromatic N) is 5. The normalized spacial score (nSPS) is 29.0. The van der Waals surface area contributed by atoms with Crippen molar-refractivity contribution in [3.05, 3.63) is 42.6 Å². The van der Waals surface area contributed by atoms with E-state index in [4.69, 9.17) is 20.3 Å². The molecule has 0 radical (unpaired) electrons. The van der Waals surface area contributed by atoms with Gasteiger partial charge in [0, 0.05) is 51.3 Å². The molecule has 4 aliphatic carbocycles. The van der Waals surface area contributed by atoms with Crippen molar-refractivity contribution in [2.75, 3.05) is 73.6 Å². The number of para-hydroxylation sites is 2. The molecule has 1 aromatic carbocycles. The van der Waals surface area contributed by atoms with Crippen molar-refractivity contribution in [3.8, 4) is 0 Å². The molecule has 14 heteroatoms. The summed E-state index contributed by atoms with van der Waals surface area (Å²) in [7, 11) is -1.82. The van der Waals surface area contributed by atoms with Crippen LogP contribution in [0, 0.1) is 23.2 Å². The number of hydrogen-bond acceptors (Lipinski definition) is 10. The van der Waals surface area contributed by atoms with Gasteiger partial charge in [-0.3, -0.25) is 4.79 Å². The minimum Gasteiger partial charge on any atom is -0.384 e. The minimum absolute atomic E-state index is 0.00110. The van der Waals surface area contributed by atoms with Gasteiger partial charge in [0.2, 0.25) is 15.9 Å². The lowest BCUT2D eigenvalue weighted by Crippen LogP contribution is -2.62. The molecule has 2 aromatic rings. The van der Waals surface area contributed by atoms with Gasteiger partial charge in [0.25, 0.3) is 0 Å². The van der Waals surface area contributed by atoms with E-state index in [1.54, 1.807) is 5.06 Å². The van der Waals surface area contributed by atoms with E-state index >= 15 is 0 Å². The van der Waals surface area contributed by atoms with Crippen LogP contribution in [-0.2, 0) is 24.4 Å². The average Bonchev–Trinajstić information content (AvgIpc) is 3.05. The first-order valence-corrected chi connectivity index (χ1v) is 17.9. The molecule has 1 aromatic heterocycles. The van der Waals surface area contributed by atoms with Crippen molar-refractivity contribution in [1.29, 1.82) is 0 Å². The van der Waals surface area contributed by atoms with Crippen LogP contribution >= 0.6 is 0 Å². The number of pyridine rings is 1. The second-order valence-electron chi connectivity index (χ2n) is 13.5. The molecule has 5 atom stereocenters. The number of nitrogens with one attached hydrogen (secondary N) is 1. The molecule has 13 nitrogen and oxygen atoms in total. The molecule has 3 heterocycles. The monoisotopic (exact) mass is 653 g/mol. The van der Waals surface area contributed by atoms with Crippen LogP contribution in [0.5, 0.6) is 0 Å². The Morgan fingerprint density at radius 3 is 2.35 bits per heavy atom. The fourth-order valence-electron chi connectivity index (χ4n) is 8.76. The van der Waals surface area contributed by atoms with Crippen molar-refractivity contribution < 1.29 is 27.6 Å². The molecule has 0 spiro atoms. The minimum atomic E-state index is -3.33. The Balaban J connectivity index is 0.978. The van der Waals surface area contributed by atoms with Gasteiger partial charge in [-0.1, -0.05) is 12.1 Å². The number of anilines is 4. The molecule has 46 heavy (non-hydrogen) atoms. The van der Waals surface area contributed by atoms with Gasteiger partial charge in [-0.15, -0.1) is 0 Å². The van der Waals surface area contributed by atoms with Gasteiger partial charge in [-0.25, -0.2) is 23.3 Å². The van der Waals surface area contributed by atoms with Crippen LogP contribution < -0.4 is 25.9 Å². The van der Waals surface area contributed by atoms with Gasteiger partial charge in [-0.05, 0) is 74.1 Å². The van der Waals surface area contributed by atoms with E-state index in [-0.39, 0.29) is 36.1 Å². The highest BCUT2D eigenvalue weighted by Gasteiger charge is 2.58. The Labute approximate surface area is 270 Å². The number of rotatable bonds is 9. The maximum Gasteiger partial charge on any atom is 0.431 e. The summed E-state index contributed by atoms with van der Waals surface area (Å²) in [6, 6.07) is 11.8. The first-order valence-electron chi connectivity index (χ1n) is 16.3. The molecule has 2 aliphatic heterocycles. The Morgan fingerprint density at radius 2 is 1.70 bits per heavy atom. The largest absolute Gasteiger partial charge is 0.431 e. The maximum atomic E-state index is 13.2. The number of methoxy groups -OCH3 is 1. The summed E-state index contributed by atoms with van der Waals surface area (Å²) in [5.41, 5.74) is 8.04. The van der Waals surface area contributed by atoms with Crippen molar-refractivity contribution in [2.24, 2.45) is 28.9 Å². The van der Waals surface area contributed by atoms with Crippen LogP contribution in [0.4, 0.5) is 27.7 Å². The second kappa shape index (κ2) is 12.2. The van der Waals surface area contributed by atoms with E-state index < -0.39 is 21.5 Å². The molecule has 3 N–H and O–H groups in total. The summed E-state index contributed by atoms with van der Waals surface area (Å²) >= 11 is 0. The van der Waals surface area contributed by atoms with Crippen LogP contribution in [-0.4, -0.2) is 94.5 Å². The van der Waals surface area contributed by atoms with Crippen molar-refractivity contribution >= 4 is 44.9 Å². The van der Waals surface area contributed by atoms with Gasteiger partial charge < -0.3 is 30.4 Å². The van der Waals surface area contributed by atoms with E-state index in [1.807, 2.05) is 42.6 Å². The summed E-state index contributed by atoms with van der Waals surface area (Å²) in [5.74, 6) is 1.60. The molecule has 1 saturated heterocycles. The van der Waals surface area contributed by atoms with Crippen LogP contribution in [0.2, 0.25) is 0 Å². The molecule has 3 unspecified atom stereocenters. The lowest BCUT2D eigenvalue weighted by Gasteiger charge is -2.58. The smallest absolute Gasteiger partial charge is 0.384 e. The second-order valence-corrected chi connectivity index (χ2v) is 15.6. The van der Waals surface area contributed by atoms with Crippen LogP contribution in [0.1, 0.15) is 32.1 Å². The Hall–Kier alpha value is -3.62. The number of carbonyl (C=O) groups is 2. The maximum absolute atomic E-state index is 13.2. The third kappa shape index (κ3) is 5.75. The van der Waals surface area contributed by atoms with E-state index in [9.17, 15) is 18.0 Å². The van der Waals surface area contributed by atoms with Crippen LogP contribution in [0.25, 0.3) is 0 Å². The number of piperazine rings is 1.